The lowest BCUT2D eigenvalue weighted by molar-refractivity contribution is 0.0999. The van der Waals surface area contributed by atoms with Gasteiger partial charge >= 0.3 is 0 Å². The molecule has 0 aliphatic rings. The van der Waals surface area contributed by atoms with Gasteiger partial charge in [0.1, 0.15) is 11.3 Å². The largest absolute Gasteiger partial charge is 0.382 e. The number of benzene rings is 2. The van der Waals surface area contributed by atoms with Crippen molar-refractivity contribution in [1.82, 2.24) is 14.5 Å². The molecule has 1 amide bonds. The Bertz CT molecular complexity index is 1180. The molecule has 0 saturated carbocycles. The summed E-state index contributed by atoms with van der Waals surface area (Å²) in [5.74, 6) is -0.488. The molecule has 0 saturated heterocycles. The number of aromatic nitrogens is 3. The van der Waals surface area contributed by atoms with Crippen LogP contribution in [0.2, 0.25) is 0 Å². The number of anilines is 1. The van der Waals surface area contributed by atoms with Crippen LogP contribution in [0.3, 0.4) is 0 Å². The van der Waals surface area contributed by atoms with Crippen LogP contribution in [0.4, 0.5) is 10.2 Å². The Morgan fingerprint density at radius 2 is 1.96 bits per heavy atom. The zero-order chi connectivity index (χ0) is 19.7. The molecule has 0 aliphatic carbocycles. The van der Waals surface area contributed by atoms with E-state index < -0.39 is 5.91 Å². The number of nitrogen functional groups attached to an aromatic ring is 1. The Morgan fingerprint density at radius 1 is 1.14 bits per heavy atom. The smallest absolute Gasteiger partial charge is 0.248 e. The molecule has 28 heavy (non-hydrogen) atoms. The first-order valence-corrected chi connectivity index (χ1v) is 9.12. The van der Waals surface area contributed by atoms with Crippen LogP contribution >= 0.6 is 0 Å². The molecule has 0 bridgehead atoms. The molecule has 4 aromatic rings. The van der Waals surface area contributed by atoms with E-state index in [2.05, 4.69) is 14.5 Å². The SMILES string of the molecule is NC(=O)c1ccc(F)cc1CCCCn1cnc2c(N)nc3ccccc3c21. The Hall–Kier alpha value is -3.48. The summed E-state index contributed by atoms with van der Waals surface area (Å²) >= 11 is 0. The van der Waals surface area contributed by atoms with Gasteiger partial charge in [-0.25, -0.2) is 14.4 Å². The second-order valence-electron chi connectivity index (χ2n) is 6.77. The summed E-state index contributed by atoms with van der Waals surface area (Å²) in [7, 11) is 0. The summed E-state index contributed by atoms with van der Waals surface area (Å²) in [6.07, 6.45) is 3.96. The molecule has 0 atom stereocenters. The number of unbranched alkanes of at least 4 members (excludes halogenated alkanes) is 1. The summed E-state index contributed by atoms with van der Waals surface area (Å²) in [6, 6.07) is 11.9. The molecule has 2 heterocycles. The number of primary amides is 1. The van der Waals surface area contributed by atoms with Crippen molar-refractivity contribution in [1.29, 1.82) is 0 Å². The number of aryl methyl sites for hydroxylation is 2. The number of nitrogens with zero attached hydrogens (tertiary/aromatic N) is 3. The van der Waals surface area contributed by atoms with Crippen LogP contribution in [-0.4, -0.2) is 20.4 Å². The van der Waals surface area contributed by atoms with E-state index in [9.17, 15) is 9.18 Å². The summed E-state index contributed by atoms with van der Waals surface area (Å²) < 4.78 is 15.6. The second kappa shape index (κ2) is 7.26. The Labute approximate surface area is 161 Å². The number of carbonyl (C=O) groups is 1. The van der Waals surface area contributed by atoms with Gasteiger partial charge in [-0.05, 0) is 49.1 Å². The molecule has 2 aromatic heterocycles. The molecule has 0 radical (unpaired) electrons. The van der Waals surface area contributed by atoms with E-state index >= 15 is 0 Å². The molecule has 142 valence electrons. The minimum absolute atomic E-state index is 0.366. The van der Waals surface area contributed by atoms with Gasteiger partial charge in [0.05, 0.1) is 17.4 Å². The van der Waals surface area contributed by atoms with E-state index in [0.29, 0.717) is 28.9 Å². The maximum Gasteiger partial charge on any atom is 0.248 e. The fraction of sp³-hybridized carbons (Fsp3) is 0.190. The first-order chi connectivity index (χ1) is 13.5. The molecule has 0 aliphatic heterocycles. The third kappa shape index (κ3) is 3.26. The van der Waals surface area contributed by atoms with Crippen LogP contribution in [-0.2, 0) is 13.0 Å². The van der Waals surface area contributed by atoms with Crippen LogP contribution in [0.25, 0.3) is 21.9 Å². The molecular weight excluding hydrogens is 357 g/mol. The highest BCUT2D eigenvalue weighted by atomic mass is 19.1. The van der Waals surface area contributed by atoms with Crippen molar-refractivity contribution in [3.8, 4) is 0 Å². The second-order valence-corrected chi connectivity index (χ2v) is 6.77. The van der Waals surface area contributed by atoms with E-state index in [4.69, 9.17) is 11.5 Å². The van der Waals surface area contributed by atoms with Crippen LogP contribution in [0.5, 0.6) is 0 Å². The first-order valence-electron chi connectivity index (χ1n) is 9.12. The standard InChI is InChI=1S/C21H20FN5O/c22-14-8-9-15(21(24)28)13(11-14)5-3-4-10-27-12-25-18-19(27)16-6-1-2-7-17(16)26-20(18)23/h1-2,6-9,11-12H,3-5,10H2,(H2,23,26)(H2,24,28). The molecule has 4 rings (SSSR count). The fourth-order valence-corrected chi connectivity index (χ4v) is 3.58. The summed E-state index contributed by atoms with van der Waals surface area (Å²) in [6.45, 7) is 0.727. The maximum absolute atomic E-state index is 13.5. The van der Waals surface area contributed by atoms with Gasteiger partial charge in [-0.1, -0.05) is 18.2 Å². The normalized spacial score (nSPS) is 11.3. The first kappa shape index (κ1) is 17.9. The highest BCUT2D eigenvalue weighted by molar-refractivity contribution is 6.06. The lowest BCUT2D eigenvalue weighted by atomic mass is 10.0. The number of carbonyl (C=O) groups excluding carboxylic acids is 1. The molecule has 0 spiro atoms. The van der Waals surface area contributed by atoms with E-state index in [0.717, 1.165) is 35.8 Å². The van der Waals surface area contributed by atoms with Crippen molar-refractivity contribution in [2.75, 3.05) is 5.73 Å². The topological polar surface area (TPSA) is 99.8 Å². The van der Waals surface area contributed by atoms with Crippen molar-refractivity contribution in [3.05, 3.63) is 65.7 Å². The van der Waals surface area contributed by atoms with Gasteiger partial charge < -0.3 is 16.0 Å². The van der Waals surface area contributed by atoms with Crippen molar-refractivity contribution < 1.29 is 9.18 Å². The van der Waals surface area contributed by atoms with Crippen LogP contribution in [0.15, 0.2) is 48.8 Å². The van der Waals surface area contributed by atoms with Crippen LogP contribution in [0, 0.1) is 5.82 Å². The van der Waals surface area contributed by atoms with Gasteiger partial charge in [0.25, 0.3) is 0 Å². The number of halogens is 1. The molecular formula is C21H20FN5O. The molecule has 4 N–H and O–H groups in total. The number of rotatable bonds is 6. The summed E-state index contributed by atoms with van der Waals surface area (Å²) in [5, 5.41) is 1.00. The molecule has 0 fully saturated rings. The quantitative estimate of drug-likeness (QED) is 0.503. The maximum atomic E-state index is 13.5. The zero-order valence-electron chi connectivity index (χ0n) is 15.2. The summed E-state index contributed by atoms with van der Waals surface area (Å²) in [5.41, 5.74) is 15.0. The number of imidazole rings is 1. The molecule has 7 heteroatoms. The molecule has 6 nitrogen and oxygen atoms in total. The number of hydrogen-bond acceptors (Lipinski definition) is 4. The van der Waals surface area contributed by atoms with Crippen LogP contribution in [0.1, 0.15) is 28.8 Å². The number of amides is 1. The number of hydrogen-bond donors (Lipinski definition) is 2. The predicted molar refractivity (Wildman–Crippen MR) is 107 cm³/mol. The van der Waals surface area contributed by atoms with Crippen molar-refractivity contribution in [3.63, 3.8) is 0 Å². The lowest BCUT2D eigenvalue weighted by Crippen LogP contribution is -2.14. The van der Waals surface area contributed by atoms with Gasteiger partial charge in [0, 0.05) is 17.5 Å². The van der Waals surface area contributed by atoms with E-state index in [-0.39, 0.29) is 5.82 Å². The average molecular weight is 377 g/mol. The minimum Gasteiger partial charge on any atom is -0.382 e. The molecule has 2 aromatic carbocycles. The fourth-order valence-electron chi connectivity index (χ4n) is 3.58. The van der Waals surface area contributed by atoms with Crippen molar-refractivity contribution >= 4 is 33.7 Å². The van der Waals surface area contributed by atoms with E-state index in [1.165, 1.54) is 18.2 Å². The predicted octanol–water partition coefficient (Wildman–Crippen LogP) is 3.43. The third-order valence-corrected chi connectivity index (χ3v) is 4.91. The number of nitrogens with two attached hydrogens (primary N) is 2. The number of fused-ring (bicyclic) bond motifs is 3. The highest BCUT2D eigenvalue weighted by Gasteiger charge is 2.12. The third-order valence-electron chi connectivity index (χ3n) is 4.91. The summed E-state index contributed by atoms with van der Waals surface area (Å²) in [4.78, 5) is 20.4. The van der Waals surface area contributed by atoms with Gasteiger partial charge in [-0.15, -0.1) is 0 Å². The van der Waals surface area contributed by atoms with E-state index in [1.54, 1.807) is 6.33 Å². The van der Waals surface area contributed by atoms with Gasteiger partial charge in [0.2, 0.25) is 5.91 Å². The van der Waals surface area contributed by atoms with Gasteiger partial charge in [-0.3, -0.25) is 4.79 Å². The number of para-hydroxylation sites is 1. The lowest BCUT2D eigenvalue weighted by Gasteiger charge is -2.09. The van der Waals surface area contributed by atoms with Crippen LogP contribution < -0.4 is 11.5 Å². The number of pyridine rings is 1. The Balaban J connectivity index is 1.53. The average Bonchev–Trinajstić information content (AvgIpc) is 3.10. The van der Waals surface area contributed by atoms with Gasteiger partial charge in [-0.2, -0.15) is 0 Å². The molecule has 0 unspecified atom stereocenters. The monoisotopic (exact) mass is 377 g/mol. The Morgan fingerprint density at radius 3 is 2.79 bits per heavy atom. The van der Waals surface area contributed by atoms with Gasteiger partial charge in [0.15, 0.2) is 5.82 Å². The minimum atomic E-state index is -0.537. The van der Waals surface area contributed by atoms with Crippen molar-refractivity contribution in [2.45, 2.75) is 25.8 Å². The highest BCUT2D eigenvalue weighted by Crippen LogP contribution is 2.27. The Kier molecular flexibility index (Phi) is 4.65. The van der Waals surface area contributed by atoms with E-state index in [1.807, 2.05) is 24.3 Å². The van der Waals surface area contributed by atoms with Crippen molar-refractivity contribution in [2.24, 2.45) is 5.73 Å². The zero-order valence-corrected chi connectivity index (χ0v) is 15.2.